The first kappa shape index (κ1) is 15.3. The molecule has 0 radical (unpaired) electrons. The van der Waals surface area contributed by atoms with Crippen LogP contribution in [0.15, 0.2) is 18.5 Å². The smallest absolute Gasteiger partial charge is 0.228 e. The minimum Gasteiger partial charge on any atom is -0.316 e. The van der Waals surface area contributed by atoms with Gasteiger partial charge in [0.2, 0.25) is 5.91 Å². The Hall–Kier alpha value is -1.11. The van der Waals surface area contributed by atoms with Crippen LogP contribution in [0.25, 0.3) is 10.6 Å². The number of nitrogens with one attached hydrogen (secondary N) is 1. The van der Waals surface area contributed by atoms with E-state index in [1.165, 1.54) is 11.3 Å². The molecule has 1 unspecified atom stereocenters. The maximum Gasteiger partial charge on any atom is 0.228 e. The van der Waals surface area contributed by atoms with E-state index in [0.717, 1.165) is 21.3 Å². The second-order valence-corrected chi connectivity index (χ2v) is 6.20. The zero-order chi connectivity index (χ0) is 14.7. The van der Waals surface area contributed by atoms with Gasteiger partial charge in [-0.1, -0.05) is 29.9 Å². The third-order valence-corrected chi connectivity index (χ3v) is 4.58. The van der Waals surface area contributed by atoms with E-state index in [1.807, 2.05) is 13.8 Å². The molecule has 0 aliphatic heterocycles. The fourth-order valence-corrected chi connectivity index (χ4v) is 2.77. The van der Waals surface area contributed by atoms with E-state index in [4.69, 9.17) is 11.6 Å². The second-order valence-electron chi connectivity index (χ2n) is 4.40. The first-order chi connectivity index (χ1) is 9.51. The summed E-state index contributed by atoms with van der Waals surface area (Å²) in [5.41, 5.74) is 1.62. The molecule has 106 valence electrons. The standard InChI is InChI=1S/C13H14ClN3OS2/c1-7(6-19)11(18)17-12-8(2)16-13(20-12)9-3-10(14)5-15-4-9/h3-5,7,19H,6H2,1-2H3,(H,17,18). The van der Waals surface area contributed by atoms with Crippen LogP contribution in [0, 0.1) is 12.8 Å². The molecule has 0 fully saturated rings. The number of halogens is 1. The summed E-state index contributed by atoms with van der Waals surface area (Å²) in [7, 11) is 0. The van der Waals surface area contributed by atoms with Crippen LogP contribution in [0.1, 0.15) is 12.6 Å². The van der Waals surface area contributed by atoms with Crippen molar-refractivity contribution in [3.63, 3.8) is 0 Å². The Balaban J connectivity index is 2.24. The Bertz CT molecular complexity index is 630. The maximum absolute atomic E-state index is 11.9. The normalized spacial score (nSPS) is 12.2. The van der Waals surface area contributed by atoms with E-state index >= 15 is 0 Å². The highest BCUT2D eigenvalue weighted by Gasteiger charge is 2.16. The fourth-order valence-electron chi connectivity index (χ4n) is 1.48. The molecule has 0 saturated heterocycles. The summed E-state index contributed by atoms with van der Waals surface area (Å²) in [5.74, 6) is 0.313. The summed E-state index contributed by atoms with van der Waals surface area (Å²) < 4.78 is 0. The van der Waals surface area contributed by atoms with Gasteiger partial charge in [0.1, 0.15) is 10.0 Å². The maximum atomic E-state index is 11.9. The van der Waals surface area contributed by atoms with E-state index < -0.39 is 0 Å². The van der Waals surface area contributed by atoms with Gasteiger partial charge in [-0.3, -0.25) is 9.78 Å². The molecule has 2 aromatic rings. The van der Waals surface area contributed by atoms with Gasteiger partial charge >= 0.3 is 0 Å². The van der Waals surface area contributed by atoms with Crippen LogP contribution in [-0.2, 0) is 4.79 Å². The largest absolute Gasteiger partial charge is 0.316 e. The molecule has 2 heterocycles. The summed E-state index contributed by atoms with van der Waals surface area (Å²) in [4.78, 5) is 20.4. The van der Waals surface area contributed by atoms with Crippen molar-refractivity contribution in [3.8, 4) is 10.6 Å². The fraction of sp³-hybridized carbons (Fsp3) is 0.308. The monoisotopic (exact) mass is 327 g/mol. The van der Waals surface area contributed by atoms with E-state index in [2.05, 4.69) is 27.9 Å². The number of pyridine rings is 1. The third-order valence-electron chi connectivity index (χ3n) is 2.71. The van der Waals surface area contributed by atoms with Crippen molar-refractivity contribution in [3.05, 3.63) is 29.2 Å². The number of thiazole rings is 1. The van der Waals surface area contributed by atoms with Gasteiger partial charge in [0.25, 0.3) is 0 Å². The number of nitrogens with zero attached hydrogens (tertiary/aromatic N) is 2. The van der Waals surface area contributed by atoms with Crippen LogP contribution < -0.4 is 5.32 Å². The molecular weight excluding hydrogens is 314 g/mol. The lowest BCUT2D eigenvalue weighted by molar-refractivity contribution is -0.118. The number of rotatable bonds is 4. The number of amides is 1. The number of aryl methyl sites for hydroxylation is 1. The molecule has 0 aromatic carbocycles. The SMILES string of the molecule is Cc1nc(-c2cncc(Cl)c2)sc1NC(=O)C(C)CS. The topological polar surface area (TPSA) is 54.9 Å². The van der Waals surface area contributed by atoms with Crippen LogP contribution in [-0.4, -0.2) is 21.6 Å². The summed E-state index contributed by atoms with van der Waals surface area (Å²) in [6.45, 7) is 3.69. The van der Waals surface area contributed by atoms with Crippen LogP contribution in [0.2, 0.25) is 5.02 Å². The highest BCUT2D eigenvalue weighted by Crippen LogP contribution is 2.32. The van der Waals surface area contributed by atoms with Gasteiger partial charge in [-0.2, -0.15) is 12.6 Å². The van der Waals surface area contributed by atoms with Crippen LogP contribution in [0.3, 0.4) is 0 Å². The van der Waals surface area contributed by atoms with E-state index in [0.29, 0.717) is 10.8 Å². The average molecular weight is 328 g/mol. The quantitative estimate of drug-likeness (QED) is 0.842. The number of hydrogen-bond donors (Lipinski definition) is 2. The van der Waals surface area contributed by atoms with Crippen LogP contribution in [0.4, 0.5) is 5.00 Å². The van der Waals surface area contributed by atoms with Crippen molar-refractivity contribution in [1.82, 2.24) is 9.97 Å². The molecule has 1 atom stereocenters. The Kier molecular flexibility index (Phi) is 5.01. The van der Waals surface area contributed by atoms with Gasteiger partial charge in [0.15, 0.2) is 0 Å². The Morgan fingerprint density at radius 1 is 1.55 bits per heavy atom. The van der Waals surface area contributed by atoms with Gasteiger partial charge < -0.3 is 5.32 Å². The number of anilines is 1. The molecule has 0 saturated carbocycles. The molecule has 20 heavy (non-hydrogen) atoms. The average Bonchev–Trinajstić information content (AvgIpc) is 2.79. The Morgan fingerprint density at radius 2 is 2.30 bits per heavy atom. The van der Waals surface area contributed by atoms with E-state index in [9.17, 15) is 4.79 Å². The summed E-state index contributed by atoms with van der Waals surface area (Å²) in [6, 6.07) is 1.80. The number of thiol groups is 1. The molecule has 1 amide bonds. The first-order valence-electron chi connectivity index (χ1n) is 6.01. The van der Waals surface area contributed by atoms with Crippen molar-refractivity contribution in [2.45, 2.75) is 13.8 Å². The Labute approximate surface area is 132 Å². The van der Waals surface area contributed by atoms with Crippen molar-refractivity contribution in [2.24, 2.45) is 5.92 Å². The lowest BCUT2D eigenvalue weighted by Crippen LogP contribution is -2.21. The molecule has 0 spiro atoms. The lowest BCUT2D eigenvalue weighted by Gasteiger charge is -2.07. The molecule has 0 bridgehead atoms. The molecule has 1 N–H and O–H groups in total. The summed E-state index contributed by atoms with van der Waals surface area (Å²) >= 11 is 11.5. The van der Waals surface area contributed by atoms with Crippen molar-refractivity contribution in [2.75, 3.05) is 11.1 Å². The van der Waals surface area contributed by atoms with E-state index in [1.54, 1.807) is 18.5 Å². The van der Waals surface area contributed by atoms with Gasteiger partial charge in [0, 0.05) is 29.6 Å². The Morgan fingerprint density at radius 3 is 2.95 bits per heavy atom. The number of hydrogen-bond acceptors (Lipinski definition) is 5. The minimum atomic E-state index is -0.142. The van der Waals surface area contributed by atoms with Gasteiger partial charge in [-0.25, -0.2) is 4.98 Å². The van der Waals surface area contributed by atoms with Crippen molar-refractivity contribution < 1.29 is 4.79 Å². The molecule has 2 rings (SSSR count). The molecule has 0 aliphatic rings. The minimum absolute atomic E-state index is 0.0532. The van der Waals surface area contributed by atoms with Gasteiger partial charge in [0.05, 0.1) is 10.7 Å². The number of carbonyl (C=O) groups is 1. The number of carbonyl (C=O) groups excluding carboxylic acids is 1. The highest BCUT2D eigenvalue weighted by molar-refractivity contribution is 7.80. The highest BCUT2D eigenvalue weighted by atomic mass is 35.5. The zero-order valence-corrected chi connectivity index (χ0v) is 13.5. The van der Waals surface area contributed by atoms with Crippen LogP contribution >= 0.6 is 35.6 Å². The van der Waals surface area contributed by atoms with Gasteiger partial charge in [-0.15, -0.1) is 0 Å². The lowest BCUT2D eigenvalue weighted by atomic mass is 10.2. The van der Waals surface area contributed by atoms with Gasteiger partial charge in [-0.05, 0) is 13.0 Å². The molecule has 0 aliphatic carbocycles. The second kappa shape index (κ2) is 6.56. The van der Waals surface area contributed by atoms with Crippen LogP contribution in [0.5, 0.6) is 0 Å². The van der Waals surface area contributed by atoms with Crippen molar-refractivity contribution >= 4 is 46.5 Å². The predicted octanol–water partition coefficient (Wildman–Crippen LogP) is 3.67. The number of aromatic nitrogens is 2. The molecule has 7 heteroatoms. The summed E-state index contributed by atoms with van der Waals surface area (Å²) in [6.07, 6.45) is 3.27. The molecular formula is C13H14ClN3OS2. The third kappa shape index (κ3) is 3.50. The summed E-state index contributed by atoms with van der Waals surface area (Å²) in [5, 5.41) is 4.97. The van der Waals surface area contributed by atoms with E-state index in [-0.39, 0.29) is 11.8 Å². The first-order valence-corrected chi connectivity index (χ1v) is 7.84. The predicted molar refractivity (Wildman–Crippen MR) is 86.7 cm³/mol. The molecule has 2 aromatic heterocycles. The zero-order valence-electron chi connectivity index (χ0n) is 11.1. The van der Waals surface area contributed by atoms with Crippen molar-refractivity contribution in [1.29, 1.82) is 0 Å². The molecule has 4 nitrogen and oxygen atoms in total.